The van der Waals surface area contributed by atoms with Crippen LogP contribution in [0.15, 0.2) is 0 Å². The molecule has 0 spiro atoms. The number of hydrogen-bond donors (Lipinski definition) is 2. The van der Waals surface area contributed by atoms with Crippen LogP contribution < -0.4 is 5.32 Å². The number of unbranched alkanes of at least 4 members (excludes halogenated alkanes) is 2. The predicted octanol–water partition coefficient (Wildman–Crippen LogP) is 1.71. The lowest BCUT2D eigenvalue weighted by Crippen LogP contribution is -2.20. The fourth-order valence-electron chi connectivity index (χ4n) is 2.17. The monoisotopic (exact) mass is 248 g/mol. The molecular weight excluding hydrogens is 232 g/mol. The zero-order valence-electron chi connectivity index (χ0n) is 10.5. The van der Waals surface area contributed by atoms with Gasteiger partial charge in [0, 0.05) is 0 Å². The second kappa shape index (κ2) is 4.76. The number of fused-ring (bicyclic) bond motifs is 1. The SMILES string of the molecule is CCCCCc1nc(C)c(O)c2c1C(=O)NC2=O. The van der Waals surface area contributed by atoms with Crippen LogP contribution in [-0.4, -0.2) is 21.9 Å². The van der Waals surface area contributed by atoms with Gasteiger partial charge in [-0.15, -0.1) is 0 Å². The average Bonchev–Trinajstić information content (AvgIpc) is 2.61. The number of hydrogen-bond acceptors (Lipinski definition) is 4. The lowest BCUT2D eigenvalue weighted by atomic mass is 10.0. The molecule has 1 aliphatic heterocycles. The second-order valence-electron chi connectivity index (χ2n) is 4.48. The average molecular weight is 248 g/mol. The van der Waals surface area contributed by atoms with Crippen LogP contribution in [-0.2, 0) is 6.42 Å². The molecule has 2 rings (SSSR count). The van der Waals surface area contributed by atoms with Gasteiger partial charge in [0.1, 0.15) is 5.75 Å². The van der Waals surface area contributed by atoms with Crippen LogP contribution in [0.1, 0.15) is 58.3 Å². The first-order chi connectivity index (χ1) is 8.56. The summed E-state index contributed by atoms with van der Waals surface area (Å²) >= 11 is 0. The van der Waals surface area contributed by atoms with Crippen molar-refractivity contribution in [3.8, 4) is 5.75 Å². The number of amides is 2. The van der Waals surface area contributed by atoms with Crippen molar-refractivity contribution in [1.82, 2.24) is 10.3 Å². The lowest BCUT2D eigenvalue weighted by Gasteiger charge is -2.08. The number of carbonyl (C=O) groups is 2. The third-order valence-electron chi connectivity index (χ3n) is 3.12. The van der Waals surface area contributed by atoms with E-state index in [4.69, 9.17) is 0 Å². The molecule has 0 saturated carbocycles. The molecule has 0 bridgehead atoms. The number of nitrogens with zero attached hydrogens (tertiary/aromatic N) is 1. The fraction of sp³-hybridized carbons (Fsp3) is 0.462. The summed E-state index contributed by atoms with van der Waals surface area (Å²) in [5, 5.41) is 12.0. The number of imide groups is 1. The van der Waals surface area contributed by atoms with Crippen molar-refractivity contribution in [2.24, 2.45) is 0 Å². The first kappa shape index (κ1) is 12.5. The van der Waals surface area contributed by atoms with Gasteiger partial charge in [0.2, 0.25) is 0 Å². The van der Waals surface area contributed by atoms with Gasteiger partial charge in [-0.3, -0.25) is 19.9 Å². The van der Waals surface area contributed by atoms with Crippen LogP contribution in [0.2, 0.25) is 0 Å². The van der Waals surface area contributed by atoms with E-state index in [2.05, 4.69) is 17.2 Å². The molecule has 5 nitrogen and oxygen atoms in total. The molecule has 18 heavy (non-hydrogen) atoms. The standard InChI is InChI=1S/C13H16N2O3/c1-3-4-5-6-8-9-10(11(16)7(2)14-8)13(18)15-12(9)17/h16H,3-6H2,1-2H3,(H,15,17,18). The van der Waals surface area contributed by atoms with Gasteiger partial charge >= 0.3 is 0 Å². The molecular formula is C13H16N2O3. The first-order valence-electron chi connectivity index (χ1n) is 6.14. The first-order valence-corrected chi connectivity index (χ1v) is 6.14. The summed E-state index contributed by atoms with van der Waals surface area (Å²) in [5.74, 6) is -1.17. The van der Waals surface area contributed by atoms with E-state index in [0.29, 0.717) is 17.8 Å². The minimum Gasteiger partial charge on any atom is -0.505 e. The maximum absolute atomic E-state index is 11.7. The summed E-state index contributed by atoms with van der Waals surface area (Å²) in [7, 11) is 0. The molecule has 0 unspecified atom stereocenters. The van der Waals surface area contributed by atoms with E-state index in [1.807, 2.05) is 0 Å². The van der Waals surface area contributed by atoms with Crippen LogP contribution in [0.3, 0.4) is 0 Å². The molecule has 1 aromatic heterocycles. The number of aromatic hydroxyl groups is 1. The summed E-state index contributed by atoms with van der Waals surface area (Å²) in [6.45, 7) is 3.73. The molecule has 0 atom stereocenters. The van der Waals surface area contributed by atoms with Crippen LogP contribution in [0.25, 0.3) is 0 Å². The Bertz CT molecular complexity index is 523. The molecule has 1 aliphatic rings. The van der Waals surface area contributed by atoms with Gasteiger partial charge in [-0.1, -0.05) is 19.8 Å². The van der Waals surface area contributed by atoms with Gasteiger partial charge in [-0.05, 0) is 19.8 Å². The summed E-state index contributed by atoms with van der Waals surface area (Å²) in [6, 6.07) is 0. The Kier molecular flexibility index (Phi) is 3.32. The van der Waals surface area contributed by atoms with E-state index in [9.17, 15) is 14.7 Å². The largest absolute Gasteiger partial charge is 0.505 e. The molecule has 0 aromatic carbocycles. The van der Waals surface area contributed by atoms with Crippen LogP contribution >= 0.6 is 0 Å². The fourth-order valence-corrected chi connectivity index (χ4v) is 2.17. The molecule has 1 aromatic rings. The molecule has 0 saturated heterocycles. The molecule has 96 valence electrons. The number of aromatic nitrogens is 1. The van der Waals surface area contributed by atoms with Crippen molar-refractivity contribution < 1.29 is 14.7 Å². The molecule has 2 N–H and O–H groups in total. The number of pyridine rings is 1. The Morgan fingerprint density at radius 2 is 1.83 bits per heavy atom. The Hall–Kier alpha value is -1.91. The van der Waals surface area contributed by atoms with E-state index >= 15 is 0 Å². The Morgan fingerprint density at radius 3 is 2.50 bits per heavy atom. The third kappa shape index (κ3) is 1.96. The van der Waals surface area contributed by atoms with Crippen LogP contribution in [0.5, 0.6) is 5.75 Å². The smallest absolute Gasteiger partial charge is 0.262 e. The van der Waals surface area contributed by atoms with Gasteiger partial charge in [0.15, 0.2) is 0 Å². The highest BCUT2D eigenvalue weighted by molar-refractivity contribution is 6.23. The lowest BCUT2D eigenvalue weighted by molar-refractivity contribution is 0.0879. The number of rotatable bonds is 4. The number of nitrogens with one attached hydrogen (secondary N) is 1. The van der Waals surface area contributed by atoms with Gasteiger partial charge < -0.3 is 5.11 Å². The van der Waals surface area contributed by atoms with Crippen molar-refractivity contribution in [1.29, 1.82) is 0 Å². The second-order valence-corrected chi connectivity index (χ2v) is 4.48. The van der Waals surface area contributed by atoms with Gasteiger partial charge in [-0.25, -0.2) is 0 Å². The van der Waals surface area contributed by atoms with Gasteiger partial charge in [0.05, 0.1) is 22.5 Å². The van der Waals surface area contributed by atoms with E-state index in [1.54, 1.807) is 6.92 Å². The van der Waals surface area contributed by atoms with Crippen LogP contribution in [0, 0.1) is 6.92 Å². The summed E-state index contributed by atoms with van der Waals surface area (Å²) in [4.78, 5) is 27.6. The summed E-state index contributed by atoms with van der Waals surface area (Å²) in [5.41, 5.74) is 1.33. The van der Waals surface area contributed by atoms with Gasteiger partial charge in [0.25, 0.3) is 11.8 Å². The van der Waals surface area contributed by atoms with E-state index < -0.39 is 11.8 Å². The molecule has 2 heterocycles. The topological polar surface area (TPSA) is 79.3 Å². The van der Waals surface area contributed by atoms with Crippen LogP contribution in [0.4, 0.5) is 0 Å². The van der Waals surface area contributed by atoms with Gasteiger partial charge in [-0.2, -0.15) is 0 Å². The minimum absolute atomic E-state index is 0.0824. The molecule has 2 amide bonds. The quantitative estimate of drug-likeness (QED) is 0.628. The van der Waals surface area contributed by atoms with E-state index in [0.717, 1.165) is 19.3 Å². The van der Waals surface area contributed by atoms with E-state index in [1.165, 1.54) is 0 Å². The van der Waals surface area contributed by atoms with Crippen molar-refractivity contribution in [3.05, 3.63) is 22.5 Å². The number of carbonyl (C=O) groups excluding carboxylic acids is 2. The highest BCUT2D eigenvalue weighted by Crippen LogP contribution is 2.30. The molecule has 0 fully saturated rings. The Balaban J connectivity index is 2.45. The Morgan fingerprint density at radius 1 is 1.17 bits per heavy atom. The zero-order valence-corrected chi connectivity index (χ0v) is 10.5. The van der Waals surface area contributed by atoms with Crippen molar-refractivity contribution in [2.75, 3.05) is 0 Å². The predicted molar refractivity (Wildman–Crippen MR) is 65.7 cm³/mol. The van der Waals surface area contributed by atoms with E-state index in [-0.39, 0.29) is 16.9 Å². The molecule has 0 aliphatic carbocycles. The summed E-state index contributed by atoms with van der Waals surface area (Å²) < 4.78 is 0. The zero-order chi connectivity index (χ0) is 13.3. The van der Waals surface area contributed by atoms with Crippen molar-refractivity contribution in [3.63, 3.8) is 0 Å². The maximum atomic E-state index is 11.7. The molecule has 5 heteroatoms. The highest BCUT2D eigenvalue weighted by atomic mass is 16.3. The minimum atomic E-state index is -0.533. The van der Waals surface area contributed by atoms with Crippen molar-refractivity contribution in [2.45, 2.75) is 39.5 Å². The third-order valence-corrected chi connectivity index (χ3v) is 3.12. The maximum Gasteiger partial charge on any atom is 0.262 e. The van der Waals surface area contributed by atoms with Crippen molar-refractivity contribution >= 4 is 11.8 Å². The highest BCUT2D eigenvalue weighted by Gasteiger charge is 2.34. The summed E-state index contributed by atoms with van der Waals surface area (Å²) in [6.07, 6.45) is 3.69. The molecule has 0 radical (unpaired) electrons. The Labute approximate surface area is 105 Å². The number of aryl methyl sites for hydroxylation is 2. The normalized spacial score (nSPS) is 13.7.